The number of hydrogen-bond donors (Lipinski definition) is 1. The van der Waals surface area contributed by atoms with Crippen LogP contribution in [0.1, 0.15) is 16.0 Å². The number of rotatable bonds is 4. The second-order valence-electron chi connectivity index (χ2n) is 6.59. The lowest BCUT2D eigenvalue weighted by Crippen LogP contribution is -2.43. The summed E-state index contributed by atoms with van der Waals surface area (Å²) in [6.45, 7) is 0.449. The van der Waals surface area contributed by atoms with E-state index in [-0.39, 0.29) is 17.8 Å². The van der Waals surface area contributed by atoms with Crippen molar-refractivity contribution in [1.82, 2.24) is 4.90 Å². The van der Waals surface area contributed by atoms with Crippen molar-refractivity contribution in [2.45, 2.75) is 25.4 Å². The molecular weight excluding hydrogens is 366 g/mol. The molecule has 0 atom stereocenters. The van der Waals surface area contributed by atoms with E-state index in [0.29, 0.717) is 6.54 Å². The number of nitrogens with zero attached hydrogens (tertiary/aromatic N) is 1. The highest BCUT2D eigenvalue weighted by Gasteiger charge is 2.30. The standard InChI is InChI=1S/C21H18F2N2OS/c22-16-7-8-20(19(23)12-16)24-21(26)25(13-18-6-3-9-27-18)17-10-14-4-1-2-5-15(14)11-17/h1-9,12,17H,10-11,13H2,(H,24,26). The molecule has 0 fully saturated rings. The summed E-state index contributed by atoms with van der Waals surface area (Å²) in [5.41, 5.74) is 2.45. The summed E-state index contributed by atoms with van der Waals surface area (Å²) < 4.78 is 27.1. The highest BCUT2D eigenvalue weighted by molar-refractivity contribution is 7.09. The van der Waals surface area contributed by atoms with Crippen molar-refractivity contribution in [2.75, 3.05) is 5.32 Å². The van der Waals surface area contributed by atoms with Crippen molar-refractivity contribution < 1.29 is 13.6 Å². The molecule has 0 spiro atoms. The van der Waals surface area contributed by atoms with Gasteiger partial charge in [0.05, 0.1) is 12.2 Å². The number of fused-ring (bicyclic) bond motifs is 1. The third-order valence-electron chi connectivity index (χ3n) is 4.81. The van der Waals surface area contributed by atoms with Gasteiger partial charge < -0.3 is 10.2 Å². The first-order valence-corrected chi connectivity index (χ1v) is 9.60. The first kappa shape index (κ1) is 17.7. The minimum Gasteiger partial charge on any atom is -0.316 e. The SMILES string of the molecule is O=C(Nc1ccc(F)cc1F)N(Cc1cccs1)C1Cc2ccccc2C1. The molecule has 1 heterocycles. The van der Waals surface area contributed by atoms with Gasteiger partial charge in [0, 0.05) is 17.0 Å². The number of urea groups is 1. The number of hydrogen-bond acceptors (Lipinski definition) is 2. The Bertz CT molecular complexity index is 934. The lowest BCUT2D eigenvalue weighted by molar-refractivity contribution is 0.186. The van der Waals surface area contributed by atoms with Crippen LogP contribution in [-0.4, -0.2) is 17.0 Å². The third-order valence-corrected chi connectivity index (χ3v) is 5.67. The van der Waals surface area contributed by atoms with E-state index in [4.69, 9.17) is 0 Å². The Kier molecular flexibility index (Phi) is 4.90. The van der Waals surface area contributed by atoms with Crippen molar-refractivity contribution in [2.24, 2.45) is 0 Å². The summed E-state index contributed by atoms with van der Waals surface area (Å²) in [5.74, 6) is -1.46. The first-order chi connectivity index (χ1) is 13.1. The Morgan fingerprint density at radius 1 is 1.07 bits per heavy atom. The molecule has 0 radical (unpaired) electrons. The zero-order chi connectivity index (χ0) is 18.8. The average molecular weight is 384 g/mol. The van der Waals surface area contributed by atoms with Gasteiger partial charge in [-0.05, 0) is 47.5 Å². The summed E-state index contributed by atoms with van der Waals surface area (Å²) in [6, 6.07) is 14.8. The molecule has 0 unspecified atom stereocenters. The number of halogens is 2. The molecule has 4 rings (SSSR count). The highest BCUT2D eigenvalue weighted by atomic mass is 32.1. The predicted octanol–water partition coefficient (Wildman–Crippen LogP) is 5.23. The van der Waals surface area contributed by atoms with Crippen LogP contribution >= 0.6 is 11.3 Å². The van der Waals surface area contributed by atoms with Crippen molar-refractivity contribution in [1.29, 1.82) is 0 Å². The monoisotopic (exact) mass is 384 g/mol. The number of carbonyl (C=O) groups excluding carboxylic acids is 1. The van der Waals surface area contributed by atoms with Gasteiger partial charge in [0.1, 0.15) is 11.6 Å². The molecular formula is C21H18F2N2OS. The van der Waals surface area contributed by atoms with E-state index in [9.17, 15) is 13.6 Å². The molecule has 1 aliphatic rings. The maximum Gasteiger partial charge on any atom is 0.322 e. The zero-order valence-corrected chi connectivity index (χ0v) is 15.3. The zero-order valence-electron chi connectivity index (χ0n) is 14.5. The van der Waals surface area contributed by atoms with Crippen LogP contribution in [0.15, 0.2) is 60.0 Å². The van der Waals surface area contributed by atoms with E-state index >= 15 is 0 Å². The van der Waals surface area contributed by atoms with Gasteiger partial charge in [-0.3, -0.25) is 0 Å². The maximum absolute atomic E-state index is 14.0. The van der Waals surface area contributed by atoms with Crippen LogP contribution in [0, 0.1) is 11.6 Å². The van der Waals surface area contributed by atoms with E-state index in [1.54, 1.807) is 16.2 Å². The number of carbonyl (C=O) groups is 1. The lowest BCUT2D eigenvalue weighted by atomic mass is 10.1. The number of thiophene rings is 1. The second kappa shape index (κ2) is 7.48. The van der Waals surface area contributed by atoms with Crippen molar-refractivity contribution in [3.63, 3.8) is 0 Å². The van der Waals surface area contributed by atoms with Gasteiger partial charge in [0.25, 0.3) is 0 Å². The molecule has 2 aromatic carbocycles. The summed E-state index contributed by atoms with van der Waals surface area (Å²) in [7, 11) is 0. The van der Waals surface area contributed by atoms with Gasteiger partial charge in [-0.25, -0.2) is 13.6 Å². The van der Waals surface area contributed by atoms with Crippen LogP contribution in [-0.2, 0) is 19.4 Å². The summed E-state index contributed by atoms with van der Waals surface area (Å²) in [6.07, 6.45) is 1.53. The fourth-order valence-corrected chi connectivity index (χ4v) is 4.17. The van der Waals surface area contributed by atoms with E-state index in [1.165, 1.54) is 17.2 Å². The molecule has 3 nitrogen and oxygen atoms in total. The third kappa shape index (κ3) is 3.85. The van der Waals surface area contributed by atoms with Crippen LogP contribution in [0.3, 0.4) is 0 Å². The quantitative estimate of drug-likeness (QED) is 0.656. The summed E-state index contributed by atoms with van der Waals surface area (Å²) >= 11 is 1.58. The number of benzene rings is 2. The van der Waals surface area contributed by atoms with Gasteiger partial charge in [-0.2, -0.15) is 0 Å². The highest BCUT2D eigenvalue weighted by Crippen LogP contribution is 2.28. The molecule has 0 saturated carbocycles. The van der Waals surface area contributed by atoms with Crippen molar-refractivity contribution >= 4 is 23.1 Å². The maximum atomic E-state index is 14.0. The Labute approximate surface area is 160 Å². The second-order valence-corrected chi connectivity index (χ2v) is 7.62. The van der Waals surface area contributed by atoms with Crippen molar-refractivity contribution in [3.8, 4) is 0 Å². The van der Waals surface area contributed by atoms with Gasteiger partial charge in [0.2, 0.25) is 0 Å². The van der Waals surface area contributed by atoms with Gasteiger partial charge >= 0.3 is 6.03 Å². The Morgan fingerprint density at radius 3 is 2.44 bits per heavy atom. The molecule has 2 amide bonds. The first-order valence-electron chi connectivity index (χ1n) is 8.72. The van der Waals surface area contributed by atoms with E-state index in [2.05, 4.69) is 17.4 Å². The molecule has 27 heavy (non-hydrogen) atoms. The van der Waals surface area contributed by atoms with Gasteiger partial charge in [-0.15, -0.1) is 11.3 Å². The smallest absolute Gasteiger partial charge is 0.316 e. The fraction of sp³-hybridized carbons (Fsp3) is 0.190. The van der Waals surface area contributed by atoms with E-state index in [1.807, 2.05) is 29.6 Å². The molecule has 1 aliphatic carbocycles. The minimum absolute atomic E-state index is 0.00647. The van der Waals surface area contributed by atoms with Crippen LogP contribution in [0.5, 0.6) is 0 Å². The van der Waals surface area contributed by atoms with Crippen LogP contribution < -0.4 is 5.32 Å². The molecule has 0 aliphatic heterocycles. The largest absolute Gasteiger partial charge is 0.322 e. The summed E-state index contributed by atoms with van der Waals surface area (Å²) in [5, 5.41) is 4.57. The molecule has 1 aromatic heterocycles. The molecule has 0 bridgehead atoms. The Balaban J connectivity index is 1.57. The van der Waals surface area contributed by atoms with Crippen molar-refractivity contribution in [3.05, 3.63) is 87.6 Å². The average Bonchev–Trinajstić information content (AvgIpc) is 3.30. The van der Waals surface area contributed by atoms with Crippen LogP contribution in [0.4, 0.5) is 19.3 Å². The number of amides is 2. The minimum atomic E-state index is -0.783. The van der Waals surface area contributed by atoms with E-state index in [0.717, 1.165) is 29.9 Å². The van der Waals surface area contributed by atoms with Crippen LogP contribution in [0.25, 0.3) is 0 Å². The molecule has 1 N–H and O–H groups in total. The predicted molar refractivity (Wildman–Crippen MR) is 103 cm³/mol. The fourth-order valence-electron chi connectivity index (χ4n) is 3.47. The van der Waals surface area contributed by atoms with Crippen LogP contribution in [0.2, 0.25) is 0 Å². The molecule has 3 aromatic rings. The Morgan fingerprint density at radius 2 is 1.81 bits per heavy atom. The Hall–Kier alpha value is -2.73. The lowest BCUT2D eigenvalue weighted by Gasteiger charge is -2.29. The van der Waals surface area contributed by atoms with Gasteiger partial charge in [0.15, 0.2) is 0 Å². The summed E-state index contributed by atoms with van der Waals surface area (Å²) in [4.78, 5) is 15.8. The molecule has 6 heteroatoms. The number of nitrogens with one attached hydrogen (secondary N) is 1. The molecule has 138 valence electrons. The van der Waals surface area contributed by atoms with Gasteiger partial charge in [-0.1, -0.05) is 30.3 Å². The topological polar surface area (TPSA) is 32.3 Å². The normalized spacial score (nSPS) is 13.4. The number of anilines is 1. The molecule has 0 saturated heterocycles. The van der Waals surface area contributed by atoms with E-state index < -0.39 is 11.6 Å².